The van der Waals surface area contributed by atoms with Crippen molar-refractivity contribution in [1.82, 2.24) is 0 Å². The minimum atomic E-state index is -0.359. The van der Waals surface area contributed by atoms with Crippen LogP contribution >= 0.6 is 0 Å². The molecule has 0 aromatic heterocycles. The van der Waals surface area contributed by atoms with E-state index >= 15 is 0 Å². The van der Waals surface area contributed by atoms with Crippen LogP contribution in [0.25, 0.3) is 6.08 Å². The normalized spacial score (nSPS) is 30.8. The Hall–Kier alpha value is -2.39. The van der Waals surface area contributed by atoms with E-state index in [9.17, 15) is 9.90 Å². The lowest BCUT2D eigenvalue weighted by Crippen LogP contribution is -2.50. The topological polar surface area (TPSA) is 46.5 Å². The number of hydrogen-bond acceptors (Lipinski definition) is 3. The summed E-state index contributed by atoms with van der Waals surface area (Å²) >= 11 is 0. The first-order chi connectivity index (χ1) is 14.0. The van der Waals surface area contributed by atoms with Crippen LogP contribution in [0.2, 0.25) is 0 Å². The van der Waals surface area contributed by atoms with Gasteiger partial charge >= 0.3 is 0 Å². The minimum Gasteiger partial charge on any atom is -0.488 e. The van der Waals surface area contributed by atoms with Crippen molar-refractivity contribution in [1.29, 1.82) is 0 Å². The Bertz CT molecular complexity index is 901. The van der Waals surface area contributed by atoms with Gasteiger partial charge in [-0.15, -0.1) is 0 Å². The van der Waals surface area contributed by atoms with Crippen molar-refractivity contribution in [2.75, 3.05) is 0 Å². The lowest BCUT2D eigenvalue weighted by atomic mass is 9.55. The Kier molecular flexibility index (Phi) is 5.60. The number of aliphatic hydroxyl groups excluding tert-OH is 1. The van der Waals surface area contributed by atoms with Gasteiger partial charge in [-0.2, -0.15) is 0 Å². The number of carbonyl (C=O) groups is 1. The average molecular weight is 391 g/mol. The van der Waals surface area contributed by atoms with Crippen LogP contribution in [0.3, 0.4) is 0 Å². The third-order valence-electron chi connectivity index (χ3n) is 7.04. The van der Waals surface area contributed by atoms with Gasteiger partial charge in [-0.05, 0) is 60.8 Å². The van der Waals surface area contributed by atoms with Crippen LogP contribution in [-0.2, 0) is 11.4 Å². The zero-order valence-corrected chi connectivity index (χ0v) is 17.3. The highest BCUT2D eigenvalue weighted by Crippen LogP contribution is 2.52. The predicted octanol–water partition coefficient (Wildman–Crippen LogP) is 5.43. The van der Waals surface area contributed by atoms with Crippen molar-refractivity contribution in [3.05, 3.63) is 71.3 Å². The molecule has 0 aliphatic heterocycles. The van der Waals surface area contributed by atoms with Gasteiger partial charge < -0.3 is 9.84 Å². The molecule has 152 valence electrons. The van der Waals surface area contributed by atoms with Gasteiger partial charge in [0.1, 0.15) is 12.4 Å². The number of hydrogen-bond donors (Lipinski definition) is 1. The second kappa shape index (κ2) is 8.16. The number of allylic oxidation sites excluding steroid dienone is 1. The standard InChI is InChI=1S/C26H30O3/c1-18-22-13-12-21(25(28)26(22,2)15-14-23(18)27)16-20-10-6-7-11-24(20)29-17-19-8-4-3-5-9-19/h3-11,16,18,22-23,27H,12-15,17H2,1-2H3/b21-16-/t18-,22?,23?,26-/m0/s1. The number of rotatable bonds is 4. The van der Waals surface area contributed by atoms with Crippen molar-refractivity contribution in [3.8, 4) is 5.75 Å². The number of aliphatic hydroxyl groups is 1. The summed E-state index contributed by atoms with van der Waals surface area (Å²) in [5.74, 6) is 1.50. The Morgan fingerprint density at radius 2 is 1.83 bits per heavy atom. The third kappa shape index (κ3) is 3.89. The van der Waals surface area contributed by atoms with Gasteiger partial charge in [-0.3, -0.25) is 4.79 Å². The molecule has 0 heterocycles. The van der Waals surface area contributed by atoms with Crippen molar-refractivity contribution < 1.29 is 14.6 Å². The molecule has 2 unspecified atom stereocenters. The van der Waals surface area contributed by atoms with Crippen LogP contribution in [0.1, 0.15) is 50.7 Å². The molecule has 2 fully saturated rings. The van der Waals surface area contributed by atoms with Crippen LogP contribution in [0.4, 0.5) is 0 Å². The van der Waals surface area contributed by atoms with E-state index < -0.39 is 0 Å². The first-order valence-corrected chi connectivity index (χ1v) is 10.7. The first kappa shape index (κ1) is 19.9. The molecular weight excluding hydrogens is 360 g/mol. The van der Waals surface area contributed by atoms with E-state index in [-0.39, 0.29) is 29.1 Å². The molecule has 0 saturated heterocycles. The summed E-state index contributed by atoms with van der Waals surface area (Å²) in [6.07, 6.45) is 4.95. The molecule has 1 N–H and O–H groups in total. The summed E-state index contributed by atoms with van der Waals surface area (Å²) < 4.78 is 6.07. The van der Waals surface area contributed by atoms with Crippen LogP contribution in [0, 0.1) is 17.3 Å². The molecule has 2 aromatic rings. The van der Waals surface area contributed by atoms with Gasteiger partial charge in [0.2, 0.25) is 0 Å². The third-order valence-corrected chi connectivity index (χ3v) is 7.04. The van der Waals surface area contributed by atoms with E-state index in [0.29, 0.717) is 13.0 Å². The second-order valence-electron chi connectivity index (χ2n) is 8.84. The Morgan fingerprint density at radius 1 is 1.10 bits per heavy atom. The van der Waals surface area contributed by atoms with Gasteiger partial charge in [0.15, 0.2) is 5.78 Å². The number of ether oxygens (including phenoxy) is 1. The molecule has 2 aromatic carbocycles. The predicted molar refractivity (Wildman–Crippen MR) is 115 cm³/mol. The quantitative estimate of drug-likeness (QED) is 0.709. The lowest BCUT2D eigenvalue weighted by molar-refractivity contribution is -0.137. The van der Waals surface area contributed by atoms with E-state index in [1.54, 1.807) is 0 Å². The summed E-state index contributed by atoms with van der Waals surface area (Å²) in [5, 5.41) is 10.3. The van der Waals surface area contributed by atoms with Crippen LogP contribution < -0.4 is 4.74 Å². The van der Waals surface area contributed by atoms with Crippen molar-refractivity contribution >= 4 is 11.9 Å². The Morgan fingerprint density at radius 3 is 2.62 bits per heavy atom. The molecule has 0 amide bonds. The lowest BCUT2D eigenvalue weighted by Gasteiger charge is -2.49. The summed E-state index contributed by atoms with van der Waals surface area (Å²) in [6, 6.07) is 18.0. The van der Waals surface area contributed by atoms with E-state index in [2.05, 4.69) is 13.8 Å². The molecule has 2 aliphatic rings. The number of benzene rings is 2. The number of ketones is 1. The van der Waals surface area contributed by atoms with Gasteiger partial charge in [0.05, 0.1) is 6.10 Å². The second-order valence-corrected chi connectivity index (χ2v) is 8.84. The largest absolute Gasteiger partial charge is 0.488 e. The highest BCUT2D eigenvalue weighted by Gasteiger charge is 2.51. The van der Waals surface area contributed by atoms with Crippen LogP contribution in [0.15, 0.2) is 60.2 Å². The Balaban J connectivity index is 1.56. The highest BCUT2D eigenvalue weighted by atomic mass is 16.5. The number of Topliss-reactive ketones (excluding diaryl/α,β-unsaturated/α-hetero) is 1. The molecule has 0 radical (unpaired) electrons. The maximum atomic E-state index is 13.4. The smallest absolute Gasteiger partial charge is 0.165 e. The maximum Gasteiger partial charge on any atom is 0.165 e. The number of para-hydroxylation sites is 1. The monoisotopic (exact) mass is 390 g/mol. The van der Waals surface area contributed by atoms with E-state index in [0.717, 1.165) is 41.7 Å². The zero-order valence-electron chi connectivity index (χ0n) is 17.3. The average Bonchev–Trinajstić information content (AvgIpc) is 2.74. The molecule has 0 bridgehead atoms. The molecule has 4 rings (SSSR count). The van der Waals surface area contributed by atoms with Gasteiger partial charge in [0.25, 0.3) is 0 Å². The van der Waals surface area contributed by atoms with Crippen molar-refractivity contribution in [2.45, 2.75) is 52.2 Å². The SMILES string of the molecule is C[C@@H]1C(O)CC[C@]2(C)C(=O)/C(=C\c3ccccc3OCc3ccccc3)CCC12. The minimum absolute atomic E-state index is 0.181. The number of carbonyl (C=O) groups excluding carboxylic acids is 1. The molecule has 3 nitrogen and oxygen atoms in total. The first-order valence-electron chi connectivity index (χ1n) is 10.7. The molecule has 3 heteroatoms. The van der Waals surface area contributed by atoms with E-state index in [4.69, 9.17) is 4.74 Å². The van der Waals surface area contributed by atoms with E-state index in [1.165, 1.54) is 0 Å². The highest BCUT2D eigenvalue weighted by molar-refractivity contribution is 6.04. The fourth-order valence-electron chi connectivity index (χ4n) is 5.19. The summed E-state index contributed by atoms with van der Waals surface area (Å²) in [4.78, 5) is 13.4. The molecule has 2 aliphatic carbocycles. The number of fused-ring (bicyclic) bond motifs is 1. The molecular formula is C26H30O3. The summed E-state index contributed by atoms with van der Waals surface area (Å²) in [6.45, 7) is 4.71. The summed E-state index contributed by atoms with van der Waals surface area (Å²) in [7, 11) is 0. The van der Waals surface area contributed by atoms with Gasteiger partial charge in [-0.1, -0.05) is 62.4 Å². The molecule has 2 saturated carbocycles. The molecule has 29 heavy (non-hydrogen) atoms. The Labute approximate surface area is 173 Å². The zero-order chi connectivity index (χ0) is 20.4. The van der Waals surface area contributed by atoms with Gasteiger partial charge in [-0.25, -0.2) is 0 Å². The fourth-order valence-corrected chi connectivity index (χ4v) is 5.19. The fraction of sp³-hybridized carbons (Fsp3) is 0.423. The maximum absolute atomic E-state index is 13.4. The van der Waals surface area contributed by atoms with Crippen LogP contribution in [0.5, 0.6) is 5.75 Å². The van der Waals surface area contributed by atoms with E-state index in [1.807, 2.05) is 60.7 Å². The molecule has 4 atom stereocenters. The van der Waals surface area contributed by atoms with Gasteiger partial charge in [0, 0.05) is 11.0 Å². The van der Waals surface area contributed by atoms with Crippen molar-refractivity contribution in [2.24, 2.45) is 17.3 Å². The van der Waals surface area contributed by atoms with Crippen molar-refractivity contribution in [3.63, 3.8) is 0 Å². The molecule has 0 spiro atoms. The van der Waals surface area contributed by atoms with Crippen LogP contribution in [-0.4, -0.2) is 17.0 Å². The summed E-state index contributed by atoms with van der Waals surface area (Å²) in [5.41, 5.74) is 2.61.